The second kappa shape index (κ2) is 5.87. The summed E-state index contributed by atoms with van der Waals surface area (Å²) in [6, 6.07) is -0.0299. The lowest BCUT2D eigenvalue weighted by molar-refractivity contribution is 0.574. The molecule has 1 aromatic rings. The maximum atomic E-state index is 6.40. The number of aromatic nitrogens is 2. The zero-order chi connectivity index (χ0) is 12.4. The maximum absolute atomic E-state index is 6.40. The topological polar surface area (TPSA) is 43.8 Å². The molecule has 96 valence electrons. The molecule has 0 aromatic carbocycles. The van der Waals surface area contributed by atoms with Crippen LogP contribution in [0.25, 0.3) is 0 Å². The van der Waals surface area contributed by atoms with Crippen molar-refractivity contribution in [1.82, 2.24) is 9.78 Å². The largest absolute Gasteiger partial charge is 0.322 e. The van der Waals surface area contributed by atoms with Gasteiger partial charge in [0.2, 0.25) is 0 Å². The highest BCUT2D eigenvalue weighted by Crippen LogP contribution is 2.40. The maximum Gasteiger partial charge on any atom is 0.0834 e. The average Bonchev–Trinajstić information content (AvgIpc) is 2.68. The third-order valence-corrected chi connectivity index (χ3v) is 6.76. The molecule has 0 aliphatic carbocycles. The van der Waals surface area contributed by atoms with E-state index in [9.17, 15) is 0 Å². The van der Waals surface area contributed by atoms with Crippen molar-refractivity contribution in [3.05, 3.63) is 16.9 Å². The van der Waals surface area contributed by atoms with Crippen LogP contribution in [0.2, 0.25) is 5.02 Å². The Morgan fingerprint density at radius 2 is 2.29 bits per heavy atom. The highest BCUT2D eigenvalue weighted by atomic mass is 35.5. The van der Waals surface area contributed by atoms with E-state index in [4.69, 9.17) is 17.3 Å². The van der Waals surface area contributed by atoms with Crippen LogP contribution in [0.4, 0.5) is 0 Å². The van der Waals surface area contributed by atoms with Gasteiger partial charge in [0.1, 0.15) is 0 Å². The molecule has 0 saturated carbocycles. The quantitative estimate of drug-likeness (QED) is 0.930. The number of hydrogen-bond acceptors (Lipinski definition) is 4. The van der Waals surface area contributed by atoms with Crippen LogP contribution >= 0.6 is 35.1 Å². The summed E-state index contributed by atoms with van der Waals surface area (Å²) in [5.41, 5.74) is 7.37. The molecule has 2 rings (SSSR count). The van der Waals surface area contributed by atoms with Crippen LogP contribution in [0.15, 0.2) is 6.20 Å². The molecule has 1 aromatic heterocycles. The third kappa shape index (κ3) is 2.78. The lowest BCUT2D eigenvalue weighted by atomic mass is 10.1. The molecule has 1 aliphatic heterocycles. The minimum absolute atomic E-state index is 0.0299. The first-order valence-electron chi connectivity index (χ1n) is 5.81. The molecule has 1 aliphatic rings. The van der Waals surface area contributed by atoms with E-state index in [1.165, 1.54) is 11.5 Å². The van der Waals surface area contributed by atoms with Gasteiger partial charge in [0, 0.05) is 29.1 Å². The van der Waals surface area contributed by atoms with Crippen molar-refractivity contribution in [2.75, 3.05) is 11.5 Å². The first-order valence-corrected chi connectivity index (χ1v) is 8.28. The summed E-state index contributed by atoms with van der Waals surface area (Å²) >= 11 is 10.2. The molecule has 1 saturated heterocycles. The Hall–Kier alpha value is 0.160. The van der Waals surface area contributed by atoms with Gasteiger partial charge in [0.15, 0.2) is 0 Å². The lowest BCUT2D eigenvalue weighted by Crippen LogP contribution is -2.36. The lowest BCUT2D eigenvalue weighted by Gasteiger charge is -2.34. The fourth-order valence-corrected chi connectivity index (χ4v) is 5.67. The zero-order valence-electron chi connectivity index (χ0n) is 10.1. The van der Waals surface area contributed by atoms with E-state index < -0.39 is 0 Å². The summed E-state index contributed by atoms with van der Waals surface area (Å²) < 4.78 is 1.81. The van der Waals surface area contributed by atoms with Crippen molar-refractivity contribution in [3.8, 4) is 0 Å². The van der Waals surface area contributed by atoms with Crippen molar-refractivity contribution in [2.24, 2.45) is 12.8 Å². The normalized spacial score (nSPS) is 27.1. The molecule has 17 heavy (non-hydrogen) atoms. The SMILES string of the molecule is CCC1SCCSC1C(N)c1c(Cl)cnn1C. The summed E-state index contributed by atoms with van der Waals surface area (Å²) in [4.78, 5) is 0. The molecule has 2 heterocycles. The van der Waals surface area contributed by atoms with Crippen LogP contribution in [-0.4, -0.2) is 31.8 Å². The smallest absolute Gasteiger partial charge is 0.0834 e. The van der Waals surface area contributed by atoms with Crippen molar-refractivity contribution in [1.29, 1.82) is 0 Å². The van der Waals surface area contributed by atoms with Crippen LogP contribution < -0.4 is 5.73 Å². The zero-order valence-corrected chi connectivity index (χ0v) is 12.5. The van der Waals surface area contributed by atoms with E-state index in [1.807, 2.05) is 30.6 Å². The van der Waals surface area contributed by atoms with E-state index in [2.05, 4.69) is 12.0 Å². The van der Waals surface area contributed by atoms with Crippen molar-refractivity contribution >= 4 is 35.1 Å². The van der Waals surface area contributed by atoms with E-state index in [0.29, 0.717) is 15.5 Å². The summed E-state index contributed by atoms with van der Waals surface area (Å²) in [7, 11) is 1.91. The van der Waals surface area contributed by atoms with Crippen LogP contribution in [0.1, 0.15) is 25.1 Å². The summed E-state index contributed by atoms with van der Waals surface area (Å²) in [6.07, 6.45) is 2.84. The van der Waals surface area contributed by atoms with Gasteiger partial charge in [0.05, 0.1) is 23.0 Å². The second-order valence-corrected chi connectivity index (χ2v) is 7.22. The Balaban J connectivity index is 2.21. The van der Waals surface area contributed by atoms with Crippen LogP contribution in [-0.2, 0) is 7.05 Å². The van der Waals surface area contributed by atoms with Gasteiger partial charge in [-0.3, -0.25) is 4.68 Å². The van der Waals surface area contributed by atoms with Gasteiger partial charge in [-0.2, -0.15) is 28.6 Å². The monoisotopic (exact) mass is 291 g/mol. The molecular formula is C11H18ClN3S2. The molecule has 0 radical (unpaired) electrons. The molecule has 0 amide bonds. The molecule has 3 unspecified atom stereocenters. The Labute approximate surface area is 116 Å². The van der Waals surface area contributed by atoms with Gasteiger partial charge in [-0.15, -0.1) is 0 Å². The fourth-order valence-electron chi connectivity index (χ4n) is 2.22. The first kappa shape index (κ1) is 13.6. The number of halogens is 1. The number of aryl methyl sites for hydroxylation is 1. The number of rotatable bonds is 3. The Morgan fingerprint density at radius 1 is 1.59 bits per heavy atom. The van der Waals surface area contributed by atoms with E-state index >= 15 is 0 Å². The summed E-state index contributed by atoms with van der Waals surface area (Å²) in [5, 5.41) is 5.91. The van der Waals surface area contributed by atoms with Crippen LogP contribution in [0.5, 0.6) is 0 Å². The van der Waals surface area contributed by atoms with Crippen LogP contribution in [0, 0.1) is 0 Å². The standard InChI is InChI=1S/C11H18ClN3S2/c1-3-8-11(17-5-4-16-8)9(13)10-7(12)6-14-15(10)2/h6,8-9,11H,3-5,13H2,1-2H3. The van der Waals surface area contributed by atoms with Gasteiger partial charge in [-0.1, -0.05) is 18.5 Å². The van der Waals surface area contributed by atoms with Crippen molar-refractivity contribution < 1.29 is 0 Å². The number of thioether (sulfide) groups is 2. The summed E-state index contributed by atoms with van der Waals surface area (Å²) in [6.45, 7) is 2.23. The van der Waals surface area contributed by atoms with Gasteiger partial charge < -0.3 is 5.73 Å². The van der Waals surface area contributed by atoms with E-state index in [1.54, 1.807) is 10.9 Å². The number of hydrogen-bond donors (Lipinski definition) is 1. The second-order valence-electron chi connectivity index (χ2n) is 4.18. The molecule has 0 bridgehead atoms. The minimum Gasteiger partial charge on any atom is -0.322 e. The van der Waals surface area contributed by atoms with E-state index in [0.717, 1.165) is 12.1 Å². The molecule has 1 fully saturated rings. The molecule has 2 N–H and O–H groups in total. The van der Waals surface area contributed by atoms with E-state index in [-0.39, 0.29) is 6.04 Å². The molecule has 3 nitrogen and oxygen atoms in total. The Bertz CT molecular complexity index is 363. The molecule has 6 heteroatoms. The van der Waals surface area contributed by atoms with Crippen molar-refractivity contribution in [2.45, 2.75) is 29.9 Å². The summed E-state index contributed by atoms with van der Waals surface area (Å²) in [5.74, 6) is 2.40. The molecular weight excluding hydrogens is 274 g/mol. The van der Waals surface area contributed by atoms with Gasteiger partial charge in [-0.05, 0) is 6.42 Å². The highest BCUT2D eigenvalue weighted by molar-refractivity contribution is 8.07. The molecule has 0 spiro atoms. The van der Waals surface area contributed by atoms with Gasteiger partial charge in [-0.25, -0.2) is 0 Å². The highest BCUT2D eigenvalue weighted by Gasteiger charge is 2.33. The molecule has 3 atom stereocenters. The predicted octanol–water partition coefficient (Wildman–Crippen LogP) is 2.70. The fraction of sp³-hybridized carbons (Fsp3) is 0.727. The third-order valence-electron chi connectivity index (χ3n) is 3.10. The van der Waals surface area contributed by atoms with Gasteiger partial charge in [0.25, 0.3) is 0 Å². The van der Waals surface area contributed by atoms with Gasteiger partial charge >= 0.3 is 0 Å². The Kier molecular flexibility index (Phi) is 4.69. The van der Waals surface area contributed by atoms with Crippen LogP contribution in [0.3, 0.4) is 0 Å². The number of nitrogens with two attached hydrogens (primary N) is 1. The number of nitrogens with zero attached hydrogens (tertiary/aromatic N) is 2. The average molecular weight is 292 g/mol. The minimum atomic E-state index is -0.0299. The Morgan fingerprint density at radius 3 is 2.88 bits per heavy atom. The first-order chi connectivity index (χ1) is 8.15. The van der Waals surface area contributed by atoms with Crippen molar-refractivity contribution in [3.63, 3.8) is 0 Å². The predicted molar refractivity (Wildman–Crippen MR) is 77.9 cm³/mol.